The zero-order valence-corrected chi connectivity index (χ0v) is 17.8. The quantitative estimate of drug-likeness (QED) is 0.408. The van der Waals surface area contributed by atoms with E-state index in [2.05, 4.69) is 0 Å². The Labute approximate surface area is 163 Å². The van der Waals surface area contributed by atoms with Crippen LogP contribution >= 0.6 is 0 Å². The minimum atomic E-state index is -1.24. The molecule has 27 heavy (non-hydrogen) atoms. The van der Waals surface area contributed by atoms with Crippen molar-refractivity contribution in [3.63, 3.8) is 0 Å². The first kappa shape index (κ1) is 22.9. The molecule has 0 bridgehead atoms. The van der Waals surface area contributed by atoms with Gasteiger partial charge in [-0.1, -0.05) is 37.1 Å². The fourth-order valence-corrected chi connectivity index (χ4v) is 2.99. The van der Waals surface area contributed by atoms with Crippen LogP contribution in [0.25, 0.3) is 0 Å². The molecule has 0 saturated carbocycles. The Morgan fingerprint density at radius 2 is 1.63 bits per heavy atom. The van der Waals surface area contributed by atoms with Gasteiger partial charge >= 0.3 is 0 Å². The second-order valence-corrected chi connectivity index (χ2v) is 8.54. The lowest BCUT2D eigenvalue weighted by Gasteiger charge is -2.33. The molecular formula is C23H34O4. The van der Waals surface area contributed by atoms with Crippen LogP contribution in [0, 0.1) is 11.3 Å². The monoisotopic (exact) mass is 374 g/mol. The maximum absolute atomic E-state index is 13.2. The number of carbonyl (C=O) groups is 2. The Bertz CT molecular complexity index is 723. The topological polar surface area (TPSA) is 74.6 Å². The van der Waals surface area contributed by atoms with Crippen molar-refractivity contribution in [1.82, 2.24) is 0 Å². The summed E-state index contributed by atoms with van der Waals surface area (Å²) in [6, 6.07) is 0. The number of aliphatic hydroxyl groups is 2. The van der Waals surface area contributed by atoms with Crippen LogP contribution in [0.3, 0.4) is 0 Å². The summed E-state index contributed by atoms with van der Waals surface area (Å²) in [6.07, 6.45) is 5.16. The lowest BCUT2D eigenvalue weighted by atomic mass is 9.70. The molecule has 4 heteroatoms. The SMILES string of the molecule is CC(C)=CCC1=C(O)[C@@](C)(CC=C(C)C)C(=O)C(C(=O)CCC(C)C)=C1O. The molecule has 2 N–H and O–H groups in total. The van der Waals surface area contributed by atoms with Crippen LogP contribution in [-0.4, -0.2) is 21.8 Å². The van der Waals surface area contributed by atoms with Gasteiger partial charge in [-0.25, -0.2) is 0 Å². The highest BCUT2D eigenvalue weighted by molar-refractivity contribution is 6.24. The highest BCUT2D eigenvalue weighted by Crippen LogP contribution is 2.43. The van der Waals surface area contributed by atoms with E-state index < -0.39 is 11.2 Å². The Balaban J connectivity index is 3.50. The van der Waals surface area contributed by atoms with Crippen molar-refractivity contribution in [2.75, 3.05) is 0 Å². The van der Waals surface area contributed by atoms with Crippen molar-refractivity contribution in [2.24, 2.45) is 11.3 Å². The predicted molar refractivity (Wildman–Crippen MR) is 110 cm³/mol. The largest absolute Gasteiger partial charge is 0.511 e. The minimum absolute atomic E-state index is 0.139. The van der Waals surface area contributed by atoms with Gasteiger partial charge in [-0.15, -0.1) is 0 Å². The summed E-state index contributed by atoms with van der Waals surface area (Å²) in [5.41, 5.74) is 0.924. The van der Waals surface area contributed by atoms with Crippen molar-refractivity contribution in [3.05, 3.63) is 46.0 Å². The van der Waals surface area contributed by atoms with Crippen LogP contribution < -0.4 is 0 Å². The maximum Gasteiger partial charge on any atom is 0.183 e. The zero-order chi connectivity index (χ0) is 20.9. The summed E-state index contributed by atoms with van der Waals surface area (Å²) in [4.78, 5) is 25.9. The predicted octanol–water partition coefficient (Wildman–Crippen LogP) is 5.92. The van der Waals surface area contributed by atoms with Gasteiger partial charge < -0.3 is 10.2 Å². The number of allylic oxidation sites excluding steroid dienone is 7. The van der Waals surface area contributed by atoms with E-state index in [1.165, 1.54) is 0 Å². The number of ketones is 2. The number of Topliss-reactive ketones (excluding diaryl/α,β-unsaturated/α-hetero) is 2. The Morgan fingerprint density at radius 3 is 2.11 bits per heavy atom. The van der Waals surface area contributed by atoms with E-state index in [9.17, 15) is 19.8 Å². The molecule has 1 atom stereocenters. The first-order chi connectivity index (χ1) is 12.4. The van der Waals surface area contributed by atoms with E-state index >= 15 is 0 Å². The van der Waals surface area contributed by atoms with Crippen LogP contribution in [0.15, 0.2) is 46.0 Å². The summed E-state index contributed by atoms with van der Waals surface area (Å²) in [5.74, 6) is -1.03. The second kappa shape index (κ2) is 9.20. The molecule has 0 aromatic carbocycles. The molecule has 0 fully saturated rings. The van der Waals surface area contributed by atoms with Crippen LogP contribution in [0.2, 0.25) is 0 Å². The molecule has 1 aliphatic rings. The molecule has 0 aromatic heterocycles. The van der Waals surface area contributed by atoms with Crippen molar-refractivity contribution in [1.29, 1.82) is 0 Å². The third kappa shape index (κ3) is 5.44. The number of rotatable bonds is 8. The van der Waals surface area contributed by atoms with Gasteiger partial charge in [0.25, 0.3) is 0 Å². The lowest BCUT2D eigenvalue weighted by molar-refractivity contribution is -0.127. The summed E-state index contributed by atoms with van der Waals surface area (Å²) >= 11 is 0. The van der Waals surface area contributed by atoms with Crippen LogP contribution in [0.5, 0.6) is 0 Å². The summed E-state index contributed by atoms with van der Waals surface area (Å²) < 4.78 is 0. The summed E-state index contributed by atoms with van der Waals surface area (Å²) in [6.45, 7) is 13.3. The highest BCUT2D eigenvalue weighted by atomic mass is 16.3. The molecule has 0 unspecified atom stereocenters. The van der Waals surface area contributed by atoms with Gasteiger partial charge in [-0.2, -0.15) is 0 Å². The van der Waals surface area contributed by atoms with Gasteiger partial charge in [0.1, 0.15) is 17.1 Å². The van der Waals surface area contributed by atoms with E-state index in [1.807, 2.05) is 53.7 Å². The summed E-state index contributed by atoms with van der Waals surface area (Å²) in [7, 11) is 0. The number of aliphatic hydroxyl groups excluding tert-OH is 2. The van der Waals surface area contributed by atoms with Crippen molar-refractivity contribution in [2.45, 2.75) is 74.1 Å². The first-order valence-electron chi connectivity index (χ1n) is 9.62. The van der Waals surface area contributed by atoms with Crippen molar-refractivity contribution >= 4 is 11.6 Å². The molecule has 0 spiro atoms. The molecule has 0 amide bonds. The average molecular weight is 375 g/mol. The third-order valence-electron chi connectivity index (χ3n) is 4.92. The Kier molecular flexibility index (Phi) is 7.82. The van der Waals surface area contributed by atoms with E-state index in [0.29, 0.717) is 12.3 Å². The fraction of sp³-hybridized carbons (Fsp3) is 0.565. The molecule has 1 aliphatic carbocycles. The Morgan fingerprint density at radius 1 is 1.07 bits per heavy atom. The normalized spacial score (nSPS) is 20.2. The van der Waals surface area contributed by atoms with Gasteiger partial charge in [-0.05, 0) is 59.8 Å². The molecule has 0 saturated heterocycles. The van der Waals surface area contributed by atoms with E-state index in [0.717, 1.165) is 11.1 Å². The average Bonchev–Trinajstić information content (AvgIpc) is 2.56. The van der Waals surface area contributed by atoms with Gasteiger partial charge in [0.2, 0.25) is 0 Å². The zero-order valence-electron chi connectivity index (χ0n) is 17.8. The van der Waals surface area contributed by atoms with Crippen LogP contribution in [0.4, 0.5) is 0 Å². The van der Waals surface area contributed by atoms with Crippen molar-refractivity contribution < 1.29 is 19.8 Å². The molecule has 0 aromatic rings. The van der Waals surface area contributed by atoms with E-state index in [4.69, 9.17) is 0 Å². The number of hydrogen-bond acceptors (Lipinski definition) is 4. The number of hydrogen-bond donors (Lipinski definition) is 2. The smallest absolute Gasteiger partial charge is 0.183 e. The molecule has 1 rings (SSSR count). The first-order valence-corrected chi connectivity index (χ1v) is 9.62. The van der Waals surface area contributed by atoms with Crippen LogP contribution in [-0.2, 0) is 9.59 Å². The third-order valence-corrected chi connectivity index (χ3v) is 4.92. The highest BCUT2D eigenvalue weighted by Gasteiger charge is 2.47. The van der Waals surface area contributed by atoms with E-state index in [-0.39, 0.29) is 47.7 Å². The maximum atomic E-state index is 13.2. The Hall–Kier alpha value is -2.10. The van der Waals surface area contributed by atoms with Gasteiger partial charge in [0, 0.05) is 12.0 Å². The molecule has 0 radical (unpaired) electrons. The van der Waals surface area contributed by atoms with Gasteiger partial charge in [0.15, 0.2) is 11.6 Å². The fourth-order valence-electron chi connectivity index (χ4n) is 2.99. The van der Waals surface area contributed by atoms with E-state index in [1.54, 1.807) is 6.92 Å². The molecular weight excluding hydrogens is 340 g/mol. The molecule has 0 heterocycles. The molecule has 0 aliphatic heterocycles. The molecule has 4 nitrogen and oxygen atoms in total. The molecule has 150 valence electrons. The standard InChI is InChI=1S/C23H34O4/c1-14(2)8-10-17-20(25)19(18(24)11-9-15(3)4)22(27)23(7,21(17)26)13-12-16(5)6/h8,12,15,25-26H,9-11,13H2,1-7H3/t23-/m1/s1. The minimum Gasteiger partial charge on any atom is -0.511 e. The lowest BCUT2D eigenvalue weighted by Crippen LogP contribution is -2.38. The van der Waals surface area contributed by atoms with Crippen LogP contribution in [0.1, 0.15) is 74.1 Å². The second-order valence-electron chi connectivity index (χ2n) is 8.54. The van der Waals surface area contributed by atoms with Crippen molar-refractivity contribution in [3.8, 4) is 0 Å². The summed E-state index contributed by atoms with van der Waals surface area (Å²) in [5, 5.41) is 21.6. The van der Waals surface area contributed by atoms with Gasteiger partial charge in [-0.3, -0.25) is 9.59 Å². The van der Waals surface area contributed by atoms with Gasteiger partial charge in [0.05, 0.1) is 5.41 Å². The number of carbonyl (C=O) groups excluding carboxylic acids is 2.